The van der Waals surface area contributed by atoms with E-state index in [1.54, 1.807) is 0 Å². The fraction of sp³-hybridized carbons (Fsp3) is 0.741. The van der Waals surface area contributed by atoms with Gasteiger partial charge in [0.05, 0.1) is 18.8 Å². The molecular formula is C27H44O4S. The first-order valence-corrected chi connectivity index (χ1v) is 13.6. The van der Waals surface area contributed by atoms with Gasteiger partial charge in [-0.1, -0.05) is 63.4 Å². The molecule has 1 aromatic carbocycles. The molecule has 1 aromatic rings. The summed E-state index contributed by atoms with van der Waals surface area (Å²) in [6.45, 7) is 6.62. The molecule has 1 aliphatic rings. The smallest absolute Gasteiger partial charge is 0.305 e. The van der Waals surface area contributed by atoms with Gasteiger partial charge in [-0.25, -0.2) is 0 Å². The van der Waals surface area contributed by atoms with Gasteiger partial charge in [-0.15, -0.1) is 0 Å². The van der Waals surface area contributed by atoms with E-state index in [1.165, 1.54) is 5.56 Å². The Morgan fingerprint density at radius 3 is 2.59 bits per heavy atom. The average molecular weight is 465 g/mol. The number of aliphatic hydroxyl groups is 2. The van der Waals surface area contributed by atoms with E-state index in [1.807, 2.05) is 24.8 Å². The van der Waals surface area contributed by atoms with Crippen LogP contribution in [-0.4, -0.2) is 46.0 Å². The minimum absolute atomic E-state index is 0.0968. The van der Waals surface area contributed by atoms with Gasteiger partial charge < -0.3 is 14.9 Å². The second-order valence-corrected chi connectivity index (χ2v) is 11.2. The van der Waals surface area contributed by atoms with Gasteiger partial charge in [0.25, 0.3) is 0 Å². The standard InChI is InChI=1S/C27H44O4S/c1-4-31-26(30)15-11-6-5-10-14-22-23(28)16-17-24(22)32-20-25(29)27(2,3)19-18-21-12-8-7-9-13-21/h7-9,12-13,22-25,28-29H,4-6,10-11,14-20H2,1-3H3. The first-order chi connectivity index (χ1) is 15.3. The molecule has 0 spiro atoms. The van der Waals surface area contributed by atoms with Crippen LogP contribution in [0.5, 0.6) is 0 Å². The molecule has 1 saturated carbocycles. The van der Waals surface area contributed by atoms with Crippen LogP contribution in [0.25, 0.3) is 0 Å². The normalized spacial score (nSPS) is 22.1. The summed E-state index contributed by atoms with van der Waals surface area (Å²) in [5, 5.41) is 21.8. The van der Waals surface area contributed by atoms with Crippen molar-refractivity contribution in [3.63, 3.8) is 0 Å². The minimum atomic E-state index is -0.350. The van der Waals surface area contributed by atoms with Gasteiger partial charge in [-0.2, -0.15) is 11.8 Å². The second kappa shape index (κ2) is 14.3. The molecule has 1 aliphatic carbocycles. The fourth-order valence-electron chi connectivity index (χ4n) is 4.55. The highest BCUT2D eigenvalue weighted by atomic mass is 32.2. The molecule has 32 heavy (non-hydrogen) atoms. The number of benzene rings is 1. The van der Waals surface area contributed by atoms with Crippen molar-refractivity contribution in [2.24, 2.45) is 11.3 Å². The Bertz CT molecular complexity index is 648. The Morgan fingerprint density at radius 2 is 1.88 bits per heavy atom. The summed E-state index contributed by atoms with van der Waals surface area (Å²) in [6.07, 6.45) is 8.94. The van der Waals surface area contributed by atoms with Gasteiger partial charge >= 0.3 is 5.97 Å². The van der Waals surface area contributed by atoms with Crippen LogP contribution in [0.15, 0.2) is 30.3 Å². The van der Waals surface area contributed by atoms with Crippen molar-refractivity contribution in [3.05, 3.63) is 35.9 Å². The van der Waals surface area contributed by atoms with Crippen LogP contribution < -0.4 is 0 Å². The average Bonchev–Trinajstić information content (AvgIpc) is 3.13. The zero-order valence-electron chi connectivity index (χ0n) is 20.3. The number of hydrogen-bond acceptors (Lipinski definition) is 5. The lowest BCUT2D eigenvalue weighted by molar-refractivity contribution is -0.143. The Hall–Kier alpha value is -1.04. The van der Waals surface area contributed by atoms with E-state index < -0.39 is 0 Å². The third-order valence-corrected chi connectivity index (χ3v) is 8.49. The fourth-order valence-corrected chi connectivity index (χ4v) is 6.30. The first kappa shape index (κ1) is 27.2. The summed E-state index contributed by atoms with van der Waals surface area (Å²) in [5.74, 6) is 0.958. The molecule has 0 aliphatic heterocycles. The maximum Gasteiger partial charge on any atom is 0.305 e. The number of aryl methyl sites for hydroxylation is 1. The van der Waals surface area contributed by atoms with Crippen molar-refractivity contribution in [1.29, 1.82) is 0 Å². The van der Waals surface area contributed by atoms with E-state index in [0.717, 1.165) is 63.5 Å². The number of unbranched alkanes of at least 4 members (excludes halogenated alkanes) is 3. The number of rotatable bonds is 15. The highest BCUT2D eigenvalue weighted by Crippen LogP contribution is 2.40. The molecule has 4 nitrogen and oxygen atoms in total. The molecule has 0 aromatic heterocycles. The zero-order valence-corrected chi connectivity index (χ0v) is 21.1. The van der Waals surface area contributed by atoms with Gasteiger partial charge in [-0.3, -0.25) is 4.79 Å². The Kier molecular flexibility index (Phi) is 12.1. The van der Waals surface area contributed by atoms with Crippen LogP contribution in [0.2, 0.25) is 0 Å². The molecule has 2 N–H and O–H groups in total. The van der Waals surface area contributed by atoms with Crippen LogP contribution in [0, 0.1) is 11.3 Å². The molecule has 2 rings (SSSR count). The summed E-state index contributed by atoms with van der Waals surface area (Å²) >= 11 is 1.86. The summed E-state index contributed by atoms with van der Waals surface area (Å²) in [6, 6.07) is 10.5. The maximum atomic E-state index is 11.4. The predicted octanol–water partition coefficient (Wildman–Crippen LogP) is 5.78. The number of thioether (sulfide) groups is 1. The summed E-state index contributed by atoms with van der Waals surface area (Å²) in [7, 11) is 0. The monoisotopic (exact) mass is 464 g/mol. The van der Waals surface area contributed by atoms with Crippen molar-refractivity contribution < 1.29 is 19.7 Å². The number of esters is 1. The minimum Gasteiger partial charge on any atom is -0.466 e. The zero-order chi connectivity index (χ0) is 23.4. The summed E-state index contributed by atoms with van der Waals surface area (Å²) in [5.41, 5.74) is 1.19. The van der Waals surface area contributed by atoms with Crippen LogP contribution in [0.1, 0.15) is 84.1 Å². The quantitative estimate of drug-likeness (QED) is 0.254. The maximum absolute atomic E-state index is 11.4. The Balaban J connectivity index is 1.68. The van der Waals surface area contributed by atoms with Crippen molar-refractivity contribution in [2.45, 2.75) is 102 Å². The van der Waals surface area contributed by atoms with Crippen molar-refractivity contribution in [2.75, 3.05) is 12.4 Å². The highest BCUT2D eigenvalue weighted by Gasteiger charge is 2.36. The van der Waals surface area contributed by atoms with E-state index in [4.69, 9.17) is 4.74 Å². The molecule has 4 unspecified atom stereocenters. The number of hydrogen-bond donors (Lipinski definition) is 2. The van der Waals surface area contributed by atoms with E-state index >= 15 is 0 Å². The third-order valence-electron chi connectivity index (χ3n) is 6.96. The van der Waals surface area contributed by atoms with Crippen molar-refractivity contribution in [3.8, 4) is 0 Å². The van der Waals surface area contributed by atoms with Crippen molar-refractivity contribution in [1.82, 2.24) is 0 Å². The largest absolute Gasteiger partial charge is 0.466 e. The van der Waals surface area contributed by atoms with E-state index in [-0.39, 0.29) is 23.6 Å². The topological polar surface area (TPSA) is 66.8 Å². The number of aliphatic hydroxyl groups excluding tert-OH is 2. The molecular weight excluding hydrogens is 420 g/mol. The SMILES string of the molecule is CCOC(=O)CCCCCCC1C(O)CCC1SCC(O)C(C)(C)CCc1ccccc1. The van der Waals surface area contributed by atoms with Crippen molar-refractivity contribution >= 4 is 17.7 Å². The molecule has 0 radical (unpaired) electrons. The molecule has 182 valence electrons. The Morgan fingerprint density at radius 1 is 1.16 bits per heavy atom. The van der Waals surface area contributed by atoms with Gasteiger partial charge in [0.2, 0.25) is 0 Å². The third kappa shape index (κ3) is 9.44. The van der Waals surface area contributed by atoms with Crippen LogP contribution >= 0.6 is 11.8 Å². The van der Waals surface area contributed by atoms with Gasteiger partial charge in [0.15, 0.2) is 0 Å². The van der Waals surface area contributed by atoms with Gasteiger partial charge in [-0.05, 0) is 62.3 Å². The molecule has 1 fully saturated rings. The molecule has 4 atom stereocenters. The number of carbonyl (C=O) groups excluding carboxylic acids is 1. The van der Waals surface area contributed by atoms with E-state index in [9.17, 15) is 15.0 Å². The second-order valence-electron chi connectivity index (χ2n) is 9.93. The Labute approximate surface area is 199 Å². The van der Waals surface area contributed by atoms with Gasteiger partial charge in [0.1, 0.15) is 0 Å². The highest BCUT2D eigenvalue weighted by molar-refractivity contribution is 7.99. The first-order valence-electron chi connectivity index (χ1n) is 12.5. The molecule has 0 amide bonds. The van der Waals surface area contributed by atoms with Crippen LogP contribution in [0.4, 0.5) is 0 Å². The van der Waals surface area contributed by atoms with E-state index in [0.29, 0.717) is 24.2 Å². The molecule has 0 saturated heterocycles. The van der Waals surface area contributed by atoms with Crippen LogP contribution in [-0.2, 0) is 16.0 Å². The molecule has 0 heterocycles. The predicted molar refractivity (Wildman–Crippen MR) is 134 cm³/mol. The lowest BCUT2D eigenvalue weighted by Crippen LogP contribution is -2.33. The summed E-state index contributed by atoms with van der Waals surface area (Å²) < 4.78 is 4.97. The molecule has 0 bridgehead atoms. The summed E-state index contributed by atoms with van der Waals surface area (Å²) in [4.78, 5) is 11.4. The lowest BCUT2D eigenvalue weighted by Gasteiger charge is -2.32. The molecule has 5 heteroatoms. The van der Waals surface area contributed by atoms with Crippen LogP contribution in [0.3, 0.4) is 0 Å². The number of ether oxygens (including phenoxy) is 1. The van der Waals surface area contributed by atoms with Gasteiger partial charge in [0, 0.05) is 17.4 Å². The lowest BCUT2D eigenvalue weighted by atomic mass is 9.81. The number of carbonyl (C=O) groups is 1. The van der Waals surface area contributed by atoms with E-state index in [2.05, 4.69) is 38.1 Å².